The predicted molar refractivity (Wildman–Crippen MR) is 74.2 cm³/mol. The summed E-state index contributed by atoms with van der Waals surface area (Å²) in [5.74, 6) is 1.71. The highest BCUT2D eigenvalue weighted by Gasteiger charge is 2.44. The summed E-state index contributed by atoms with van der Waals surface area (Å²) in [6.07, 6.45) is 2.87. The molecule has 0 aromatic heterocycles. The molecule has 2 nitrogen and oxygen atoms in total. The van der Waals surface area contributed by atoms with Crippen LogP contribution in [0.4, 0.5) is 0 Å². The van der Waals surface area contributed by atoms with Crippen molar-refractivity contribution in [3.05, 3.63) is 0 Å². The third-order valence-corrected chi connectivity index (χ3v) is 5.00. The molecule has 0 amide bonds. The van der Waals surface area contributed by atoms with Crippen molar-refractivity contribution in [3.63, 3.8) is 0 Å². The van der Waals surface area contributed by atoms with E-state index in [1.165, 1.54) is 39.0 Å². The molecule has 17 heavy (non-hydrogen) atoms. The number of nitrogens with zero attached hydrogens (tertiary/aromatic N) is 1. The third kappa shape index (κ3) is 3.23. The molecule has 2 heteroatoms. The first kappa shape index (κ1) is 13.4. The van der Waals surface area contributed by atoms with Gasteiger partial charge in [0.25, 0.3) is 0 Å². The Kier molecular flexibility index (Phi) is 3.57. The maximum atomic E-state index is 3.76. The van der Waals surface area contributed by atoms with Crippen LogP contribution in [0.1, 0.15) is 47.5 Å². The van der Waals surface area contributed by atoms with Crippen LogP contribution in [-0.4, -0.2) is 36.6 Å². The SMILES string of the molecule is CC(CN1CCNC(C)(C2CC2)C1)C(C)(C)C. The van der Waals surface area contributed by atoms with Crippen molar-refractivity contribution in [2.75, 3.05) is 26.2 Å². The monoisotopic (exact) mass is 238 g/mol. The molecule has 0 aromatic carbocycles. The van der Waals surface area contributed by atoms with Crippen LogP contribution >= 0.6 is 0 Å². The van der Waals surface area contributed by atoms with E-state index >= 15 is 0 Å². The summed E-state index contributed by atoms with van der Waals surface area (Å²) in [6, 6.07) is 0. The van der Waals surface area contributed by atoms with Gasteiger partial charge in [0.05, 0.1) is 0 Å². The van der Waals surface area contributed by atoms with Crippen molar-refractivity contribution in [1.82, 2.24) is 10.2 Å². The summed E-state index contributed by atoms with van der Waals surface area (Å²) in [6.45, 7) is 16.8. The zero-order chi connectivity index (χ0) is 12.7. The molecule has 0 radical (unpaired) electrons. The molecule has 1 heterocycles. The highest BCUT2D eigenvalue weighted by Crippen LogP contribution is 2.41. The average Bonchev–Trinajstić information content (AvgIpc) is 2.99. The van der Waals surface area contributed by atoms with Crippen LogP contribution in [0.3, 0.4) is 0 Å². The Balaban J connectivity index is 1.89. The van der Waals surface area contributed by atoms with E-state index in [-0.39, 0.29) is 0 Å². The van der Waals surface area contributed by atoms with Gasteiger partial charge in [-0.25, -0.2) is 0 Å². The Morgan fingerprint density at radius 2 is 2.00 bits per heavy atom. The van der Waals surface area contributed by atoms with Crippen molar-refractivity contribution in [3.8, 4) is 0 Å². The fourth-order valence-electron chi connectivity index (χ4n) is 2.91. The zero-order valence-corrected chi connectivity index (χ0v) is 12.3. The first-order valence-corrected chi connectivity index (χ1v) is 7.29. The number of hydrogen-bond acceptors (Lipinski definition) is 2. The van der Waals surface area contributed by atoms with Gasteiger partial charge in [-0.1, -0.05) is 27.7 Å². The topological polar surface area (TPSA) is 15.3 Å². The Morgan fingerprint density at radius 1 is 1.35 bits per heavy atom. The molecule has 0 spiro atoms. The summed E-state index contributed by atoms with van der Waals surface area (Å²) >= 11 is 0. The Hall–Kier alpha value is -0.0800. The van der Waals surface area contributed by atoms with Crippen molar-refractivity contribution in [1.29, 1.82) is 0 Å². The van der Waals surface area contributed by atoms with Gasteiger partial charge >= 0.3 is 0 Å². The molecule has 1 aliphatic heterocycles. The second kappa shape index (κ2) is 4.55. The number of nitrogens with one attached hydrogen (secondary N) is 1. The lowest BCUT2D eigenvalue weighted by Gasteiger charge is -2.44. The standard InChI is InChI=1S/C15H30N2/c1-12(14(2,3)4)10-17-9-8-16-15(5,11-17)13-6-7-13/h12-13,16H,6-11H2,1-5H3. The van der Waals surface area contributed by atoms with Gasteiger partial charge in [0.1, 0.15) is 0 Å². The van der Waals surface area contributed by atoms with Crippen molar-refractivity contribution >= 4 is 0 Å². The summed E-state index contributed by atoms with van der Waals surface area (Å²) < 4.78 is 0. The lowest BCUT2D eigenvalue weighted by Crippen LogP contribution is -2.60. The van der Waals surface area contributed by atoms with Gasteiger partial charge in [0, 0.05) is 31.7 Å². The van der Waals surface area contributed by atoms with E-state index in [1.54, 1.807) is 0 Å². The Morgan fingerprint density at radius 3 is 2.53 bits per heavy atom. The van der Waals surface area contributed by atoms with E-state index in [4.69, 9.17) is 0 Å². The molecule has 1 saturated heterocycles. The van der Waals surface area contributed by atoms with Crippen LogP contribution < -0.4 is 5.32 Å². The first-order valence-electron chi connectivity index (χ1n) is 7.29. The van der Waals surface area contributed by atoms with Crippen molar-refractivity contribution in [2.24, 2.45) is 17.3 Å². The maximum Gasteiger partial charge on any atom is 0.0309 e. The molecular formula is C15H30N2. The van der Waals surface area contributed by atoms with Crippen molar-refractivity contribution < 1.29 is 0 Å². The first-order chi connectivity index (χ1) is 7.81. The molecule has 2 unspecified atom stereocenters. The van der Waals surface area contributed by atoms with Gasteiger partial charge < -0.3 is 5.32 Å². The highest BCUT2D eigenvalue weighted by molar-refractivity contribution is 5.02. The van der Waals surface area contributed by atoms with Crippen LogP contribution in [0.25, 0.3) is 0 Å². The highest BCUT2D eigenvalue weighted by atomic mass is 15.2. The van der Waals surface area contributed by atoms with Crippen LogP contribution in [0.15, 0.2) is 0 Å². The fourth-order valence-corrected chi connectivity index (χ4v) is 2.91. The normalized spacial score (nSPS) is 33.7. The molecule has 1 N–H and O–H groups in total. The lowest BCUT2D eigenvalue weighted by atomic mass is 9.81. The largest absolute Gasteiger partial charge is 0.309 e. The zero-order valence-electron chi connectivity index (χ0n) is 12.3. The van der Waals surface area contributed by atoms with Gasteiger partial charge in [0.2, 0.25) is 0 Å². The van der Waals surface area contributed by atoms with E-state index in [2.05, 4.69) is 44.8 Å². The minimum Gasteiger partial charge on any atom is -0.309 e. The summed E-state index contributed by atoms with van der Waals surface area (Å²) in [5, 5.41) is 3.76. The second-order valence-electron chi connectivity index (χ2n) is 7.62. The molecule has 2 fully saturated rings. The number of piperazine rings is 1. The van der Waals surface area contributed by atoms with Gasteiger partial charge in [-0.15, -0.1) is 0 Å². The lowest BCUT2D eigenvalue weighted by molar-refractivity contribution is 0.0890. The minimum atomic E-state index is 0.399. The predicted octanol–water partition coefficient (Wildman–Crippen LogP) is 2.74. The van der Waals surface area contributed by atoms with E-state index in [9.17, 15) is 0 Å². The Bertz CT molecular complexity index is 265. The molecule has 0 aromatic rings. The van der Waals surface area contributed by atoms with Crippen LogP contribution in [0, 0.1) is 17.3 Å². The van der Waals surface area contributed by atoms with Crippen LogP contribution in [0.5, 0.6) is 0 Å². The summed E-state index contributed by atoms with van der Waals surface area (Å²) in [5.41, 5.74) is 0.830. The van der Waals surface area contributed by atoms with Gasteiger partial charge in [-0.05, 0) is 37.0 Å². The molecule has 1 saturated carbocycles. The van der Waals surface area contributed by atoms with E-state index in [1.807, 2.05) is 0 Å². The minimum absolute atomic E-state index is 0.399. The molecule has 0 bridgehead atoms. The average molecular weight is 238 g/mol. The van der Waals surface area contributed by atoms with Gasteiger partial charge in [-0.3, -0.25) is 4.90 Å². The molecule has 2 rings (SSSR count). The van der Waals surface area contributed by atoms with Gasteiger partial charge in [0.15, 0.2) is 0 Å². The molecule has 1 aliphatic carbocycles. The number of hydrogen-bond donors (Lipinski definition) is 1. The molecular weight excluding hydrogens is 208 g/mol. The third-order valence-electron chi connectivity index (χ3n) is 5.00. The van der Waals surface area contributed by atoms with E-state index in [0.717, 1.165) is 11.8 Å². The van der Waals surface area contributed by atoms with Crippen LogP contribution in [0.2, 0.25) is 0 Å². The molecule has 2 atom stereocenters. The fraction of sp³-hybridized carbons (Fsp3) is 1.00. The second-order valence-corrected chi connectivity index (χ2v) is 7.62. The maximum absolute atomic E-state index is 3.76. The summed E-state index contributed by atoms with van der Waals surface area (Å²) in [4.78, 5) is 2.69. The quantitative estimate of drug-likeness (QED) is 0.813. The smallest absolute Gasteiger partial charge is 0.0309 e. The van der Waals surface area contributed by atoms with E-state index < -0.39 is 0 Å². The molecule has 100 valence electrons. The molecule has 2 aliphatic rings. The number of rotatable bonds is 3. The Labute approximate surface area is 107 Å². The van der Waals surface area contributed by atoms with Crippen LogP contribution in [-0.2, 0) is 0 Å². The van der Waals surface area contributed by atoms with Gasteiger partial charge in [-0.2, -0.15) is 0 Å². The summed E-state index contributed by atoms with van der Waals surface area (Å²) in [7, 11) is 0. The van der Waals surface area contributed by atoms with E-state index in [0.29, 0.717) is 11.0 Å². The van der Waals surface area contributed by atoms with Crippen molar-refractivity contribution in [2.45, 2.75) is 53.0 Å².